The Morgan fingerprint density at radius 2 is 1.68 bits per heavy atom. The van der Waals surface area contributed by atoms with Crippen LogP contribution in [0.15, 0.2) is 60.8 Å². The molecule has 2 fully saturated rings. The number of halogens is 1. The summed E-state index contributed by atoms with van der Waals surface area (Å²) >= 11 is 6.63. The molecule has 0 saturated carbocycles. The number of piperazine rings is 1. The van der Waals surface area contributed by atoms with Gasteiger partial charge in [-0.1, -0.05) is 35.9 Å². The first-order chi connectivity index (χ1) is 19.3. The molecule has 7 nitrogen and oxygen atoms in total. The van der Waals surface area contributed by atoms with Gasteiger partial charge in [-0.25, -0.2) is 4.98 Å². The number of H-pyrrole nitrogens is 1. The van der Waals surface area contributed by atoms with Crippen molar-refractivity contribution in [3.8, 4) is 11.3 Å². The quantitative estimate of drug-likeness (QED) is 0.271. The molecular weight excluding hydrogens is 539 g/mol. The summed E-state index contributed by atoms with van der Waals surface area (Å²) < 4.78 is 12.9. The number of fused-ring (bicyclic) bond motifs is 1. The van der Waals surface area contributed by atoms with Gasteiger partial charge in [-0.15, -0.1) is 0 Å². The predicted octanol–water partition coefficient (Wildman–Crippen LogP) is 6.09. The molecule has 4 heterocycles. The highest BCUT2D eigenvalue weighted by atomic mass is 35.5. The van der Waals surface area contributed by atoms with Crippen LogP contribution in [0, 0.1) is 0 Å². The molecule has 2 aliphatic rings. The van der Waals surface area contributed by atoms with E-state index in [1.807, 2.05) is 24.3 Å². The fraction of sp³-hybridized carbons (Fsp3) is 0.387. The molecule has 0 aliphatic carbocycles. The standard InChI is InChI=1S/C31H38ClN6OP/c1-36-16-18-38(19-17-36)24-12-14-37(15-13-24)23-10-8-22(9-11-23)28-20-25-30(26(32)21-33-31(25)35-28)34-27-6-4-5-7-29(27)40(2,3)39/h4-11,20-21,24H,12-19H2,1-3H3,(H2,33,34,35). The molecule has 40 heavy (non-hydrogen) atoms. The third-order valence-electron chi connectivity index (χ3n) is 8.42. The molecule has 2 N–H and O–H groups in total. The summed E-state index contributed by atoms with van der Waals surface area (Å²) in [7, 11) is -0.257. The zero-order chi connectivity index (χ0) is 27.9. The molecule has 0 amide bonds. The Morgan fingerprint density at radius 3 is 2.38 bits per heavy atom. The SMILES string of the molecule is CN1CCN(C2CCN(c3ccc(-c4cc5c(Nc6ccccc6P(C)(C)=O)c(Cl)cnc5[nH]4)cc3)CC2)CC1. The van der Waals surface area contributed by atoms with E-state index in [0.29, 0.717) is 11.1 Å². The average molecular weight is 577 g/mol. The molecular formula is C31H38ClN6OP. The van der Waals surface area contributed by atoms with Crippen molar-refractivity contribution < 1.29 is 4.57 Å². The van der Waals surface area contributed by atoms with Crippen LogP contribution in [0.25, 0.3) is 22.3 Å². The van der Waals surface area contributed by atoms with E-state index in [0.717, 1.165) is 52.1 Å². The lowest BCUT2D eigenvalue weighted by molar-refractivity contribution is 0.0982. The molecule has 0 unspecified atom stereocenters. The van der Waals surface area contributed by atoms with Crippen LogP contribution < -0.4 is 15.5 Å². The van der Waals surface area contributed by atoms with E-state index in [1.165, 1.54) is 44.7 Å². The summed E-state index contributed by atoms with van der Waals surface area (Å²) in [5, 5.41) is 5.68. The second-order valence-corrected chi connectivity index (χ2v) is 15.1. The molecule has 2 aromatic carbocycles. The maximum Gasteiger partial charge on any atom is 0.139 e. The lowest BCUT2D eigenvalue weighted by Crippen LogP contribution is -2.52. The zero-order valence-corrected chi connectivity index (χ0v) is 25.2. The van der Waals surface area contributed by atoms with E-state index < -0.39 is 7.14 Å². The molecule has 9 heteroatoms. The van der Waals surface area contributed by atoms with Crippen molar-refractivity contribution >= 4 is 52.1 Å². The summed E-state index contributed by atoms with van der Waals surface area (Å²) in [6.07, 6.45) is 4.11. The second kappa shape index (κ2) is 11.2. The number of hydrogen-bond acceptors (Lipinski definition) is 6. The number of aromatic amines is 1. The number of anilines is 3. The van der Waals surface area contributed by atoms with Gasteiger partial charge in [0, 0.05) is 73.1 Å². The van der Waals surface area contributed by atoms with Crippen LogP contribution in [0.4, 0.5) is 17.1 Å². The maximum atomic E-state index is 12.9. The fourth-order valence-corrected chi connectivity index (χ4v) is 7.40. The molecule has 0 spiro atoms. The number of nitrogens with zero attached hydrogens (tertiary/aromatic N) is 4. The lowest BCUT2D eigenvalue weighted by Gasteiger charge is -2.42. The van der Waals surface area contributed by atoms with Gasteiger partial charge in [-0.05, 0) is 69.1 Å². The number of benzene rings is 2. The Kier molecular flexibility index (Phi) is 7.66. The number of para-hydroxylation sites is 1. The van der Waals surface area contributed by atoms with Crippen LogP contribution in [0.5, 0.6) is 0 Å². The van der Waals surface area contributed by atoms with Gasteiger partial charge in [-0.3, -0.25) is 4.90 Å². The van der Waals surface area contributed by atoms with Crippen LogP contribution in [-0.2, 0) is 4.57 Å². The van der Waals surface area contributed by atoms with Crippen molar-refractivity contribution in [3.05, 3.63) is 65.8 Å². The van der Waals surface area contributed by atoms with Crippen molar-refractivity contribution in [1.82, 2.24) is 19.8 Å². The Bertz CT molecular complexity index is 1530. The maximum absolute atomic E-state index is 12.9. The summed E-state index contributed by atoms with van der Waals surface area (Å²) in [4.78, 5) is 15.7. The highest BCUT2D eigenvalue weighted by Gasteiger charge is 2.27. The first-order valence-electron chi connectivity index (χ1n) is 14.1. The van der Waals surface area contributed by atoms with Gasteiger partial charge in [-0.2, -0.15) is 0 Å². The number of aromatic nitrogens is 2. The van der Waals surface area contributed by atoms with Crippen LogP contribution >= 0.6 is 18.7 Å². The highest BCUT2D eigenvalue weighted by Crippen LogP contribution is 2.40. The van der Waals surface area contributed by atoms with Crippen LogP contribution in [0.3, 0.4) is 0 Å². The minimum Gasteiger partial charge on any atom is -0.371 e. The predicted molar refractivity (Wildman–Crippen MR) is 170 cm³/mol. The second-order valence-electron chi connectivity index (χ2n) is 11.5. The number of rotatable bonds is 6. The first kappa shape index (κ1) is 27.3. The molecule has 0 bridgehead atoms. The number of nitrogens with one attached hydrogen (secondary N) is 2. The molecule has 2 saturated heterocycles. The van der Waals surface area contributed by atoms with Crippen molar-refractivity contribution in [3.63, 3.8) is 0 Å². The van der Waals surface area contributed by atoms with Gasteiger partial charge in [0.15, 0.2) is 0 Å². The van der Waals surface area contributed by atoms with Crippen LogP contribution in [0.1, 0.15) is 12.8 Å². The minimum atomic E-state index is -2.48. The summed E-state index contributed by atoms with van der Waals surface area (Å²) in [5.41, 5.74) is 5.68. The zero-order valence-electron chi connectivity index (χ0n) is 23.5. The van der Waals surface area contributed by atoms with Crippen molar-refractivity contribution in [2.75, 3.05) is 69.9 Å². The highest BCUT2D eigenvalue weighted by molar-refractivity contribution is 7.70. The number of piperidine rings is 1. The average Bonchev–Trinajstić information content (AvgIpc) is 3.40. The fourth-order valence-electron chi connectivity index (χ4n) is 6.04. The molecule has 2 aromatic heterocycles. The Morgan fingerprint density at radius 1 is 0.975 bits per heavy atom. The van der Waals surface area contributed by atoms with Crippen molar-refractivity contribution in [2.24, 2.45) is 0 Å². The molecule has 6 rings (SSSR count). The van der Waals surface area contributed by atoms with Gasteiger partial charge < -0.3 is 24.7 Å². The number of likely N-dealkylation sites (N-methyl/N-ethyl adjacent to an activating group) is 1. The van der Waals surface area contributed by atoms with Crippen molar-refractivity contribution in [1.29, 1.82) is 0 Å². The van der Waals surface area contributed by atoms with E-state index in [4.69, 9.17) is 11.6 Å². The van der Waals surface area contributed by atoms with E-state index in [2.05, 4.69) is 67.4 Å². The third-order valence-corrected chi connectivity index (χ3v) is 10.3. The summed E-state index contributed by atoms with van der Waals surface area (Å²) in [6.45, 7) is 10.5. The topological polar surface area (TPSA) is 67.5 Å². The van der Waals surface area contributed by atoms with E-state index in [-0.39, 0.29) is 0 Å². The first-order valence-corrected chi connectivity index (χ1v) is 17.1. The number of hydrogen-bond donors (Lipinski definition) is 2. The van der Waals surface area contributed by atoms with E-state index in [9.17, 15) is 4.57 Å². The number of pyridine rings is 1. The van der Waals surface area contributed by atoms with Gasteiger partial charge in [0.2, 0.25) is 0 Å². The minimum absolute atomic E-state index is 0.519. The Hall–Kier alpha value is -2.83. The van der Waals surface area contributed by atoms with Gasteiger partial charge in [0.25, 0.3) is 0 Å². The normalized spacial score (nSPS) is 17.9. The monoisotopic (exact) mass is 576 g/mol. The molecule has 0 atom stereocenters. The van der Waals surface area contributed by atoms with Crippen molar-refractivity contribution in [2.45, 2.75) is 18.9 Å². The Balaban J connectivity index is 1.19. The molecule has 2 aliphatic heterocycles. The molecule has 0 radical (unpaired) electrons. The van der Waals surface area contributed by atoms with E-state index in [1.54, 1.807) is 19.5 Å². The molecule has 210 valence electrons. The molecule has 4 aromatic rings. The third kappa shape index (κ3) is 5.66. The Labute approximate surface area is 241 Å². The van der Waals surface area contributed by atoms with Crippen LogP contribution in [0.2, 0.25) is 5.02 Å². The summed E-state index contributed by atoms with van der Waals surface area (Å²) in [5.74, 6) is 0. The summed E-state index contributed by atoms with van der Waals surface area (Å²) in [6, 6.07) is 19.3. The lowest BCUT2D eigenvalue weighted by atomic mass is 10.0. The van der Waals surface area contributed by atoms with Gasteiger partial charge in [0.1, 0.15) is 12.8 Å². The van der Waals surface area contributed by atoms with Crippen LogP contribution in [-0.4, -0.2) is 85.5 Å². The smallest absolute Gasteiger partial charge is 0.139 e. The van der Waals surface area contributed by atoms with Gasteiger partial charge >= 0.3 is 0 Å². The largest absolute Gasteiger partial charge is 0.371 e. The van der Waals surface area contributed by atoms with E-state index >= 15 is 0 Å². The van der Waals surface area contributed by atoms with Gasteiger partial charge in [0.05, 0.1) is 16.9 Å².